The third kappa shape index (κ3) is 5.63. The molecule has 19 heavy (non-hydrogen) atoms. The third-order valence-electron chi connectivity index (χ3n) is 2.90. The number of amides is 1. The predicted molar refractivity (Wildman–Crippen MR) is 78.3 cm³/mol. The lowest BCUT2D eigenvalue weighted by molar-refractivity contribution is -0.122. The fourth-order valence-electron chi connectivity index (χ4n) is 1.79. The lowest BCUT2D eigenvalue weighted by Gasteiger charge is -2.23. The third-order valence-corrected chi connectivity index (χ3v) is 2.90. The van der Waals surface area contributed by atoms with Crippen molar-refractivity contribution in [2.75, 3.05) is 20.6 Å². The first-order valence-corrected chi connectivity index (χ1v) is 6.29. The minimum Gasteiger partial charge on any atom is -0.468 e. The summed E-state index contributed by atoms with van der Waals surface area (Å²) in [6, 6.07) is 3.35. The van der Waals surface area contributed by atoms with Crippen LogP contribution in [0, 0.1) is 0 Å². The number of carbonyl (C=O) groups is 1. The molecule has 2 unspecified atom stereocenters. The van der Waals surface area contributed by atoms with Gasteiger partial charge in [-0.15, -0.1) is 12.4 Å². The van der Waals surface area contributed by atoms with Gasteiger partial charge in [0.2, 0.25) is 5.91 Å². The number of hydrogen-bond acceptors (Lipinski definition) is 4. The van der Waals surface area contributed by atoms with Gasteiger partial charge < -0.3 is 15.5 Å². The Kier molecular flexibility index (Phi) is 8.47. The predicted octanol–water partition coefficient (Wildman–Crippen LogP) is 1.55. The summed E-state index contributed by atoms with van der Waals surface area (Å²) >= 11 is 0. The summed E-state index contributed by atoms with van der Waals surface area (Å²) in [6.45, 7) is 2.51. The first kappa shape index (κ1) is 18.0. The molecule has 0 aliphatic rings. The van der Waals surface area contributed by atoms with Crippen molar-refractivity contribution in [1.29, 1.82) is 0 Å². The Hall–Kier alpha value is -1.04. The highest BCUT2D eigenvalue weighted by Crippen LogP contribution is 2.17. The molecule has 0 aliphatic heterocycles. The van der Waals surface area contributed by atoms with Gasteiger partial charge in [0.05, 0.1) is 18.3 Å². The Balaban J connectivity index is 0.00000324. The van der Waals surface area contributed by atoms with E-state index in [1.807, 2.05) is 38.1 Å². The van der Waals surface area contributed by atoms with Gasteiger partial charge >= 0.3 is 0 Å². The largest absolute Gasteiger partial charge is 0.468 e. The molecular formula is C13H24ClN3O2. The molecule has 0 fully saturated rings. The number of nitrogens with two attached hydrogens (primary N) is 1. The molecule has 1 rings (SSSR count). The van der Waals surface area contributed by atoms with E-state index in [9.17, 15) is 4.79 Å². The van der Waals surface area contributed by atoms with E-state index in [0.29, 0.717) is 13.0 Å². The van der Waals surface area contributed by atoms with Gasteiger partial charge in [0.15, 0.2) is 0 Å². The van der Waals surface area contributed by atoms with Crippen LogP contribution in [0.1, 0.15) is 31.6 Å². The topological polar surface area (TPSA) is 71.5 Å². The van der Waals surface area contributed by atoms with Crippen molar-refractivity contribution in [3.05, 3.63) is 24.2 Å². The van der Waals surface area contributed by atoms with Crippen molar-refractivity contribution in [3.8, 4) is 0 Å². The highest BCUT2D eigenvalue weighted by molar-refractivity contribution is 5.85. The lowest BCUT2D eigenvalue weighted by Crippen LogP contribution is -2.43. The van der Waals surface area contributed by atoms with Crippen molar-refractivity contribution in [2.45, 2.75) is 31.8 Å². The number of hydrogen-bond donors (Lipinski definition) is 2. The molecule has 2 atom stereocenters. The van der Waals surface area contributed by atoms with E-state index in [2.05, 4.69) is 5.32 Å². The maximum absolute atomic E-state index is 11.7. The van der Waals surface area contributed by atoms with Crippen molar-refractivity contribution in [1.82, 2.24) is 10.2 Å². The van der Waals surface area contributed by atoms with Gasteiger partial charge in [0.1, 0.15) is 5.76 Å². The average molecular weight is 290 g/mol. The summed E-state index contributed by atoms with van der Waals surface area (Å²) in [4.78, 5) is 13.7. The normalized spacial score (nSPS) is 13.7. The van der Waals surface area contributed by atoms with Gasteiger partial charge in [-0.3, -0.25) is 9.69 Å². The molecule has 0 saturated heterocycles. The Morgan fingerprint density at radius 1 is 1.53 bits per heavy atom. The van der Waals surface area contributed by atoms with Crippen LogP contribution < -0.4 is 11.1 Å². The fourth-order valence-corrected chi connectivity index (χ4v) is 1.79. The van der Waals surface area contributed by atoms with Gasteiger partial charge in [-0.2, -0.15) is 0 Å². The quantitative estimate of drug-likeness (QED) is 0.799. The summed E-state index contributed by atoms with van der Waals surface area (Å²) < 4.78 is 5.37. The molecule has 110 valence electrons. The van der Waals surface area contributed by atoms with Crippen LogP contribution in [0.25, 0.3) is 0 Å². The highest BCUT2D eigenvalue weighted by Gasteiger charge is 2.19. The minimum atomic E-state index is -0.422. The smallest absolute Gasteiger partial charge is 0.236 e. The first-order valence-electron chi connectivity index (χ1n) is 6.29. The van der Waals surface area contributed by atoms with E-state index in [1.165, 1.54) is 0 Å². The number of carbonyl (C=O) groups excluding carboxylic acids is 1. The Labute approximate surface area is 120 Å². The average Bonchev–Trinajstić information content (AvgIpc) is 2.82. The fraction of sp³-hybridized carbons (Fsp3) is 0.615. The van der Waals surface area contributed by atoms with Gasteiger partial charge in [-0.1, -0.05) is 13.3 Å². The van der Waals surface area contributed by atoms with Crippen molar-refractivity contribution >= 4 is 18.3 Å². The second kappa shape index (κ2) is 8.96. The molecule has 1 aromatic rings. The molecule has 6 heteroatoms. The zero-order chi connectivity index (χ0) is 13.5. The van der Waals surface area contributed by atoms with E-state index in [1.54, 1.807) is 6.26 Å². The monoisotopic (exact) mass is 289 g/mol. The van der Waals surface area contributed by atoms with Gasteiger partial charge in [-0.05, 0) is 32.6 Å². The van der Waals surface area contributed by atoms with Crippen LogP contribution in [0.3, 0.4) is 0 Å². The number of nitrogens with one attached hydrogen (secondary N) is 1. The minimum absolute atomic E-state index is 0. The molecule has 0 saturated carbocycles. The van der Waals surface area contributed by atoms with Gasteiger partial charge in [0.25, 0.3) is 0 Å². The molecule has 1 aromatic heterocycles. The molecule has 0 aromatic carbocycles. The van der Waals surface area contributed by atoms with E-state index in [4.69, 9.17) is 10.2 Å². The van der Waals surface area contributed by atoms with Crippen LogP contribution in [0.2, 0.25) is 0 Å². The Bertz CT molecular complexity index is 355. The zero-order valence-electron chi connectivity index (χ0n) is 11.8. The van der Waals surface area contributed by atoms with E-state index in [-0.39, 0.29) is 24.4 Å². The summed E-state index contributed by atoms with van der Waals surface area (Å²) in [5, 5.41) is 2.87. The molecule has 0 spiro atoms. The van der Waals surface area contributed by atoms with Crippen molar-refractivity contribution in [2.24, 2.45) is 5.73 Å². The van der Waals surface area contributed by atoms with Crippen molar-refractivity contribution < 1.29 is 9.21 Å². The molecule has 0 bridgehead atoms. The van der Waals surface area contributed by atoms with Crippen LogP contribution in [-0.4, -0.2) is 37.5 Å². The number of likely N-dealkylation sites (N-methyl/N-ethyl adjacent to an activating group) is 1. The molecule has 3 N–H and O–H groups in total. The lowest BCUT2D eigenvalue weighted by atomic mass is 10.1. The van der Waals surface area contributed by atoms with Crippen LogP contribution in [0.15, 0.2) is 22.8 Å². The van der Waals surface area contributed by atoms with Crippen LogP contribution in [0.4, 0.5) is 0 Å². The molecule has 0 aliphatic carbocycles. The highest BCUT2D eigenvalue weighted by atomic mass is 35.5. The van der Waals surface area contributed by atoms with Crippen LogP contribution >= 0.6 is 12.4 Å². The molecule has 1 amide bonds. The van der Waals surface area contributed by atoms with E-state index < -0.39 is 6.04 Å². The number of nitrogens with zero attached hydrogens (tertiary/aromatic N) is 1. The Morgan fingerprint density at radius 3 is 2.68 bits per heavy atom. The molecule has 0 radical (unpaired) electrons. The number of rotatable bonds is 7. The van der Waals surface area contributed by atoms with E-state index in [0.717, 1.165) is 12.2 Å². The van der Waals surface area contributed by atoms with E-state index >= 15 is 0 Å². The van der Waals surface area contributed by atoms with Crippen LogP contribution in [0.5, 0.6) is 0 Å². The molecule has 1 heterocycles. The summed E-state index contributed by atoms with van der Waals surface area (Å²) in [6.07, 6.45) is 3.25. The first-order chi connectivity index (χ1) is 8.56. The van der Waals surface area contributed by atoms with Crippen LogP contribution in [-0.2, 0) is 4.79 Å². The summed E-state index contributed by atoms with van der Waals surface area (Å²) in [7, 11) is 3.90. The Morgan fingerprint density at radius 2 is 2.21 bits per heavy atom. The number of halogens is 1. The second-order valence-electron chi connectivity index (χ2n) is 4.64. The summed E-state index contributed by atoms with van der Waals surface area (Å²) in [5.41, 5.74) is 5.76. The zero-order valence-corrected chi connectivity index (χ0v) is 12.6. The maximum atomic E-state index is 11.7. The van der Waals surface area contributed by atoms with Gasteiger partial charge in [0, 0.05) is 6.54 Å². The standard InChI is InChI=1S/C13H23N3O2.ClH/c1-4-6-10(14)13(17)15-9-11(16(2)3)12-7-5-8-18-12;/h5,7-8,10-11H,4,6,9,14H2,1-3H3,(H,15,17);1H. The molecule has 5 nitrogen and oxygen atoms in total. The SMILES string of the molecule is CCCC(N)C(=O)NCC(c1ccco1)N(C)C.Cl. The maximum Gasteiger partial charge on any atom is 0.236 e. The number of furan rings is 1. The second-order valence-corrected chi connectivity index (χ2v) is 4.64. The van der Waals surface area contributed by atoms with Gasteiger partial charge in [-0.25, -0.2) is 0 Å². The summed E-state index contributed by atoms with van der Waals surface area (Å²) in [5.74, 6) is 0.736. The molecular weight excluding hydrogens is 266 g/mol. The van der Waals surface area contributed by atoms with Crippen molar-refractivity contribution in [3.63, 3.8) is 0 Å².